The van der Waals surface area contributed by atoms with Gasteiger partial charge in [-0.2, -0.15) is 15.1 Å². The van der Waals surface area contributed by atoms with Gasteiger partial charge in [-0.1, -0.05) is 62.4 Å². The Balaban J connectivity index is 1.56. The Bertz CT molecular complexity index is 1300. The number of benzene rings is 2. The van der Waals surface area contributed by atoms with Crippen molar-refractivity contribution in [2.45, 2.75) is 20.4 Å². The van der Waals surface area contributed by atoms with Crippen LogP contribution in [0.1, 0.15) is 25.0 Å². The summed E-state index contributed by atoms with van der Waals surface area (Å²) in [5.74, 6) is -0.119. The van der Waals surface area contributed by atoms with E-state index >= 15 is 0 Å². The van der Waals surface area contributed by atoms with Gasteiger partial charge in [0.2, 0.25) is 5.17 Å². The van der Waals surface area contributed by atoms with Gasteiger partial charge in [0, 0.05) is 35.1 Å². The molecule has 31 heavy (non-hydrogen) atoms. The maximum Gasteiger partial charge on any atom is 0.283 e. The predicted molar refractivity (Wildman–Crippen MR) is 127 cm³/mol. The Kier molecular flexibility index (Phi) is 4.82. The standard InChI is InChI=1S/C24H21N5OS/c1-15(2)23-27-29-21(25)19(22(30)26-24(29)31-23)12-17-14-28(13-16-8-4-3-5-9-16)20-11-7-6-10-18(17)20/h3-12,14-15,25H,13H2,1-2H3. The average Bonchev–Trinajstić information content (AvgIpc) is 3.34. The number of amidine groups is 2. The zero-order valence-corrected chi connectivity index (χ0v) is 18.1. The van der Waals surface area contributed by atoms with Crippen LogP contribution in [0, 0.1) is 11.3 Å². The molecule has 2 aromatic carbocycles. The molecule has 0 bridgehead atoms. The maximum atomic E-state index is 12.8. The molecular weight excluding hydrogens is 406 g/mol. The lowest BCUT2D eigenvalue weighted by atomic mass is 10.1. The van der Waals surface area contributed by atoms with E-state index in [1.165, 1.54) is 22.3 Å². The molecule has 2 aliphatic heterocycles. The molecule has 0 saturated heterocycles. The lowest BCUT2D eigenvalue weighted by Crippen LogP contribution is -2.35. The van der Waals surface area contributed by atoms with Gasteiger partial charge in [0.1, 0.15) is 5.04 Å². The zero-order valence-electron chi connectivity index (χ0n) is 17.2. The second-order valence-electron chi connectivity index (χ2n) is 7.83. The van der Waals surface area contributed by atoms with E-state index in [1.54, 1.807) is 6.08 Å². The van der Waals surface area contributed by atoms with Crippen molar-refractivity contribution in [1.29, 1.82) is 5.41 Å². The highest BCUT2D eigenvalue weighted by molar-refractivity contribution is 8.27. The number of fused-ring (bicyclic) bond motifs is 2. The monoisotopic (exact) mass is 427 g/mol. The molecule has 0 radical (unpaired) electrons. The third-order valence-corrected chi connectivity index (χ3v) is 6.49. The predicted octanol–water partition coefficient (Wildman–Crippen LogP) is 4.96. The molecule has 5 rings (SSSR count). The first kappa shape index (κ1) is 19.5. The van der Waals surface area contributed by atoms with E-state index < -0.39 is 5.91 Å². The summed E-state index contributed by atoms with van der Waals surface area (Å²) in [6.45, 7) is 4.80. The molecule has 0 atom stereocenters. The van der Waals surface area contributed by atoms with Gasteiger partial charge in [-0.25, -0.2) is 0 Å². The lowest BCUT2D eigenvalue weighted by molar-refractivity contribution is -0.114. The van der Waals surface area contributed by atoms with E-state index in [4.69, 9.17) is 5.41 Å². The topological polar surface area (TPSA) is 73.8 Å². The highest BCUT2D eigenvalue weighted by atomic mass is 32.2. The van der Waals surface area contributed by atoms with Crippen molar-refractivity contribution < 1.29 is 4.79 Å². The molecule has 0 saturated carbocycles. The van der Waals surface area contributed by atoms with Gasteiger partial charge >= 0.3 is 0 Å². The average molecular weight is 428 g/mol. The summed E-state index contributed by atoms with van der Waals surface area (Å²) in [6, 6.07) is 18.4. The van der Waals surface area contributed by atoms with Crippen LogP contribution in [0.3, 0.4) is 0 Å². The van der Waals surface area contributed by atoms with Crippen molar-refractivity contribution in [2.75, 3.05) is 0 Å². The first-order valence-electron chi connectivity index (χ1n) is 10.1. The summed E-state index contributed by atoms with van der Waals surface area (Å²) >= 11 is 1.36. The highest BCUT2D eigenvalue weighted by Crippen LogP contribution is 2.32. The fraction of sp³-hybridized carbons (Fsp3) is 0.167. The van der Waals surface area contributed by atoms with Crippen molar-refractivity contribution in [3.63, 3.8) is 0 Å². The van der Waals surface area contributed by atoms with Gasteiger partial charge < -0.3 is 4.57 Å². The number of hydrogen-bond acceptors (Lipinski definition) is 4. The van der Waals surface area contributed by atoms with Crippen LogP contribution in [0.5, 0.6) is 0 Å². The van der Waals surface area contributed by atoms with Gasteiger partial charge in [0.05, 0.1) is 5.57 Å². The number of thioether (sulfide) groups is 1. The molecule has 1 N–H and O–H groups in total. The van der Waals surface area contributed by atoms with E-state index in [9.17, 15) is 4.79 Å². The Hall–Kier alpha value is -3.45. The SMILES string of the molecule is CC(C)C1=NN2C(=N)C(=Cc3cn(Cc4ccccc4)c4ccccc34)C(=O)N=C2S1. The third-order valence-electron chi connectivity index (χ3n) is 5.28. The number of rotatable bonds is 4. The van der Waals surface area contributed by atoms with Crippen LogP contribution in [-0.4, -0.2) is 31.5 Å². The van der Waals surface area contributed by atoms with Crippen molar-refractivity contribution in [1.82, 2.24) is 9.58 Å². The van der Waals surface area contributed by atoms with Gasteiger partial charge in [0.25, 0.3) is 5.91 Å². The third kappa shape index (κ3) is 3.51. The van der Waals surface area contributed by atoms with Crippen LogP contribution in [0.2, 0.25) is 0 Å². The van der Waals surface area contributed by atoms with Crippen LogP contribution < -0.4 is 0 Å². The molecule has 0 aliphatic carbocycles. The van der Waals surface area contributed by atoms with Crippen molar-refractivity contribution in [2.24, 2.45) is 16.0 Å². The van der Waals surface area contributed by atoms with Crippen LogP contribution in [0.4, 0.5) is 0 Å². The minimum atomic E-state index is -0.399. The Morgan fingerprint density at radius 1 is 1.10 bits per heavy atom. The Morgan fingerprint density at radius 2 is 1.84 bits per heavy atom. The van der Waals surface area contributed by atoms with E-state index in [1.807, 2.05) is 56.4 Å². The number of nitrogens with one attached hydrogen (secondary N) is 1. The molecular formula is C24H21N5OS. The summed E-state index contributed by atoms with van der Waals surface area (Å²) in [6.07, 6.45) is 3.80. The van der Waals surface area contributed by atoms with E-state index in [-0.39, 0.29) is 17.3 Å². The Labute approximate surface area is 184 Å². The van der Waals surface area contributed by atoms with Crippen molar-refractivity contribution in [3.8, 4) is 0 Å². The van der Waals surface area contributed by atoms with Crippen LogP contribution in [-0.2, 0) is 11.3 Å². The van der Waals surface area contributed by atoms with Gasteiger partial charge in [0.15, 0.2) is 5.84 Å². The molecule has 0 unspecified atom stereocenters. The van der Waals surface area contributed by atoms with Crippen molar-refractivity contribution in [3.05, 3.63) is 77.5 Å². The van der Waals surface area contributed by atoms with Crippen LogP contribution in [0.15, 0.2) is 76.5 Å². The normalized spacial score (nSPS) is 17.5. The molecule has 154 valence electrons. The summed E-state index contributed by atoms with van der Waals surface area (Å²) in [5.41, 5.74) is 3.41. The summed E-state index contributed by atoms with van der Waals surface area (Å²) < 4.78 is 2.17. The molecule has 2 aliphatic rings. The number of nitrogens with zero attached hydrogens (tertiary/aromatic N) is 4. The number of hydrogen-bond donors (Lipinski definition) is 1. The zero-order chi connectivity index (χ0) is 21.5. The highest BCUT2D eigenvalue weighted by Gasteiger charge is 2.36. The number of amides is 1. The Morgan fingerprint density at radius 3 is 2.61 bits per heavy atom. The first-order valence-corrected chi connectivity index (χ1v) is 10.9. The van der Waals surface area contributed by atoms with E-state index in [2.05, 4.69) is 32.9 Å². The second-order valence-corrected chi connectivity index (χ2v) is 8.82. The summed E-state index contributed by atoms with van der Waals surface area (Å²) in [7, 11) is 0. The second kappa shape index (κ2) is 7.67. The van der Waals surface area contributed by atoms with Crippen LogP contribution in [0.25, 0.3) is 17.0 Å². The molecule has 6 nitrogen and oxygen atoms in total. The van der Waals surface area contributed by atoms with Gasteiger partial charge in [-0.05, 0) is 29.5 Å². The summed E-state index contributed by atoms with van der Waals surface area (Å²) in [4.78, 5) is 17.0. The molecule has 7 heteroatoms. The molecule has 3 heterocycles. The summed E-state index contributed by atoms with van der Waals surface area (Å²) in [5, 5.41) is 16.9. The number of hydrazone groups is 1. The smallest absolute Gasteiger partial charge is 0.283 e. The number of para-hydroxylation sites is 1. The minimum Gasteiger partial charge on any atom is -0.342 e. The fourth-order valence-corrected chi connectivity index (χ4v) is 4.59. The van der Waals surface area contributed by atoms with E-state index in [0.717, 1.165) is 28.1 Å². The molecule has 0 fully saturated rings. The van der Waals surface area contributed by atoms with Gasteiger partial charge in [-0.15, -0.1) is 0 Å². The maximum absolute atomic E-state index is 12.8. The van der Waals surface area contributed by atoms with Gasteiger partial charge in [-0.3, -0.25) is 10.2 Å². The molecule has 1 aromatic heterocycles. The number of aliphatic imine (C=N–C) groups is 1. The number of carbonyl (C=O) groups excluding carboxylic acids is 1. The largest absolute Gasteiger partial charge is 0.342 e. The number of aromatic nitrogens is 1. The van der Waals surface area contributed by atoms with Crippen LogP contribution >= 0.6 is 11.8 Å². The molecule has 1 amide bonds. The first-order chi connectivity index (χ1) is 15.0. The molecule has 0 spiro atoms. The minimum absolute atomic E-state index is 0.0676. The lowest BCUT2D eigenvalue weighted by Gasteiger charge is -2.20. The number of carbonyl (C=O) groups is 1. The quantitative estimate of drug-likeness (QED) is 0.598. The molecule has 3 aromatic rings. The van der Waals surface area contributed by atoms with Crippen molar-refractivity contribution >= 4 is 50.7 Å². The van der Waals surface area contributed by atoms with E-state index in [0.29, 0.717) is 5.17 Å². The fourth-order valence-electron chi connectivity index (χ4n) is 3.70.